The molecule has 1 aliphatic heterocycles. The van der Waals surface area contributed by atoms with Crippen LogP contribution in [-0.4, -0.2) is 45.9 Å². The fourth-order valence-electron chi connectivity index (χ4n) is 3.32. The number of aromatic nitrogens is 2. The van der Waals surface area contributed by atoms with E-state index in [9.17, 15) is 0 Å². The Morgan fingerprint density at radius 2 is 2.04 bits per heavy atom. The number of hydrogen-bond acceptors (Lipinski definition) is 2. The van der Waals surface area contributed by atoms with Gasteiger partial charge in [-0.1, -0.05) is 19.9 Å². The van der Waals surface area contributed by atoms with Crippen molar-refractivity contribution in [1.29, 1.82) is 0 Å². The van der Waals surface area contributed by atoms with Crippen molar-refractivity contribution >= 4 is 35.6 Å². The van der Waals surface area contributed by atoms with Gasteiger partial charge in [0.25, 0.3) is 0 Å². The first kappa shape index (κ1) is 20.0. The smallest absolute Gasteiger partial charge is 0.194 e. The van der Waals surface area contributed by atoms with Gasteiger partial charge in [0.05, 0.1) is 5.69 Å². The highest BCUT2D eigenvalue weighted by Gasteiger charge is 2.53. The number of aliphatic imine (C=N–C) groups is 1. The largest absolute Gasteiger partial charge is 0.356 e. The average molecular weight is 455 g/mol. The molecule has 0 bridgehead atoms. The molecule has 0 amide bonds. The second-order valence-corrected chi connectivity index (χ2v) is 7.91. The summed E-state index contributed by atoms with van der Waals surface area (Å²) >= 11 is 0. The van der Waals surface area contributed by atoms with Crippen molar-refractivity contribution in [3.8, 4) is 0 Å². The van der Waals surface area contributed by atoms with E-state index in [1.54, 1.807) is 0 Å². The molecule has 25 heavy (non-hydrogen) atoms. The van der Waals surface area contributed by atoms with Gasteiger partial charge in [0.15, 0.2) is 5.96 Å². The maximum Gasteiger partial charge on any atom is 0.194 e. The molecule has 2 aromatic rings. The number of fused-ring (bicyclic) bond motifs is 1. The second-order valence-electron chi connectivity index (χ2n) is 7.91. The highest BCUT2D eigenvalue weighted by Crippen LogP contribution is 2.46. The molecule has 0 aromatic carbocycles. The third kappa shape index (κ3) is 3.50. The van der Waals surface area contributed by atoms with E-state index >= 15 is 0 Å². The Morgan fingerprint density at radius 1 is 1.32 bits per heavy atom. The monoisotopic (exact) mass is 455 g/mol. The molecule has 3 rings (SSSR count). The van der Waals surface area contributed by atoms with Crippen LogP contribution in [0.4, 0.5) is 0 Å². The van der Waals surface area contributed by atoms with Crippen molar-refractivity contribution in [3.05, 3.63) is 35.8 Å². The van der Waals surface area contributed by atoms with Crippen LogP contribution < -0.4 is 5.32 Å². The summed E-state index contributed by atoms with van der Waals surface area (Å²) in [4.78, 5) is 11.6. The lowest BCUT2D eigenvalue weighted by molar-refractivity contribution is -0.0666. The van der Waals surface area contributed by atoms with Gasteiger partial charge in [-0.25, -0.2) is 4.98 Å². The van der Waals surface area contributed by atoms with Gasteiger partial charge in [0, 0.05) is 49.9 Å². The highest BCUT2D eigenvalue weighted by molar-refractivity contribution is 14.0. The van der Waals surface area contributed by atoms with Crippen LogP contribution in [0, 0.1) is 12.3 Å². The van der Waals surface area contributed by atoms with Crippen LogP contribution in [0.15, 0.2) is 29.5 Å². The molecular formula is C19H30IN5. The molecule has 3 heterocycles. The van der Waals surface area contributed by atoms with Crippen LogP contribution in [-0.2, 0) is 6.42 Å². The molecule has 0 saturated carbocycles. The molecule has 1 aliphatic rings. The Labute approximate surface area is 167 Å². The van der Waals surface area contributed by atoms with Crippen LogP contribution in [0.2, 0.25) is 0 Å². The molecule has 2 aromatic heterocycles. The van der Waals surface area contributed by atoms with Crippen LogP contribution in [0.5, 0.6) is 0 Å². The molecule has 138 valence electrons. The summed E-state index contributed by atoms with van der Waals surface area (Å²) in [6.45, 7) is 13.2. The molecule has 1 saturated heterocycles. The molecule has 6 heteroatoms. The first-order chi connectivity index (χ1) is 11.3. The molecule has 0 aliphatic carbocycles. The van der Waals surface area contributed by atoms with Crippen molar-refractivity contribution in [2.75, 3.05) is 20.1 Å². The highest BCUT2D eigenvalue weighted by atomic mass is 127. The van der Waals surface area contributed by atoms with Gasteiger partial charge in [0.2, 0.25) is 0 Å². The van der Waals surface area contributed by atoms with E-state index in [-0.39, 0.29) is 29.5 Å². The molecule has 0 atom stereocenters. The Bertz CT molecular complexity index is 775. The van der Waals surface area contributed by atoms with E-state index in [0.29, 0.717) is 5.41 Å². The number of likely N-dealkylation sites (tertiary alicyclic amines) is 1. The van der Waals surface area contributed by atoms with Crippen LogP contribution >= 0.6 is 24.0 Å². The quantitative estimate of drug-likeness (QED) is 0.438. The van der Waals surface area contributed by atoms with Gasteiger partial charge in [0.1, 0.15) is 5.65 Å². The first-order valence-corrected chi connectivity index (χ1v) is 8.68. The van der Waals surface area contributed by atoms with E-state index in [1.165, 1.54) is 5.56 Å². The third-order valence-corrected chi connectivity index (χ3v) is 5.74. The minimum Gasteiger partial charge on any atom is -0.356 e. The van der Waals surface area contributed by atoms with Crippen LogP contribution in [0.3, 0.4) is 0 Å². The van der Waals surface area contributed by atoms with Gasteiger partial charge < -0.3 is 14.6 Å². The average Bonchev–Trinajstić information content (AvgIpc) is 2.94. The van der Waals surface area contributed by atoms with Crippen molar-refractivity contribution in [2.45, 2.75) is 46.6 Å². The summed E-state index contributed by atoms with van der Waals surface area (Å²) < 4.78 is 2.10. The third-order valence-electron chi connectivity index (χ3n) is 5.74. The SMILES string of the molecule is CN=C(NCCc1cn2cccc(C)c2n1)N1CC(C)(C)C1(C)C.I. The van der Waals surface area contributed by atoms with Gasteiger partial charge in [-0.05, 0) is 32.4 Å². The molecular weight excluding hydrogens is 425 g/mol. The lowest BCUT2D eigenvalue weighted by Crippen LogP contribution is -2.72. The Balaban J connectivity index is 0.00000225. The van der Waals surface area contributed by atoms with Gasteiger partial charge in [-0.2, -0.15) is 0 Å². The number of rotatable bonds is 3. The van der Waals surface area contributed by atoms with Crippen molar-refractivity contribution in [1.82, 2.24) is 19.6 Å². The number of imidazole rings is 1. The molecule has 5 nitrogen and oxygen atoms in total. The zero-order chi connectivity index (χ0) is 17.5. The summed E-state index contributed by atoms with van der Waals surface area (Å²) in [6.07, 6.45) is 5.05. The van der Waals surface area contributed by atoms with Crippen molar-refractivity contribution < 1.29 is 0 Å². The Kier molecular flexibility index (Phi) is 5.71. The number of guanidine groups is 1. The molecule has 0 spiro atoms. The molecule has 0 unspecified atom stereocenters. The minimum absolute atomic E-state index is 0. The van der Waals surface area contributed by atoms with Crippen molar-refractivity contribution in [3.63, 3.8) is 0 Å². The molecule has 1 N–H and O–H groups in total. The zero-order valence-electron chi connectivity index (χ0n) is 16.1. The Hall–Kier alpha value is -1.31. The van der Waals surface area contributed by atoms with E-state index in [0.717, 1.165) is 36.8 Å². The Morgan fingerprint density at radius 3 is 2.60 bits per heavy atom. The number of nitrogens with one attached hydrogen (secondary N) is 1. The van der Waals surface area contributed by atoms with Gasteiger partial charge in [-0.3, -0.25) is 4.99 Å². The summed E-state index contributed by atoms with van der Waals surface area (Å²) in [5.74, 6) is 0.985. The van der Waals surface area contributed by atoms with Crippen molar-refractivity contribution in [2.24, 2.45) is 10.4 Å². The van der Waals surface area contributed by atoms with E-state index in [2.05, 4.69) is 78.8 Å². The minimum atomic E-state index is 0. The molecule has 0 radical (unpaired) electrons. The lowest BCUT2D eigenvalue weighted by atomic mass is 9.65. The van der Waals surface area contributed by atoms with Crippen LogP contribution in [0.1, 0.15) is 39.0 Å². The zero-order valence-corrected chi connectivity index (χ0v) is 18.5. The summed E-state index contributed by atoms with van der Waals surface area (Å²) in [6, 6.07) is 4.15. The van der Waals surface area contributed by atoms with Gasteiger partial charge in [-0.15, -0.1) is 24.0 Å². The summed E-state index contributed by atoms with van der Waals surface area (Å²) in [7, 11) is 1.86. The lowest BCUT2D eigenvalue weighted by Gasteiger charge is -2.62. The number of hydrogen-bond donors (Lipinski definition) is 1. The fraction of sp³-hybridized carbons (Fsp3) is 0.579. The number of nitrogens with zero attached hydrogens (tertiary/aromatic N) is 4. The predicted molar refractivity (Wildman–Crippen MR) is 115 cm³/mol. The van der Waals surface area contributed by atoms with Gasteiger partial charge >= 0.3 is 0 Å². The maximum absolute atomic E-state index is 4.74. The fourth-order valence-corrected chi connectivity index (χ4v) is 3.32. The second kappa shape index (κ2) is 7.13. The number of pyridine rings is 1. The normalized spacial score (nSPS) is 18.6. The summed E-state index contributed by atoms with van der Waals surface area (Å²) in [5.41, 5.74) is 3.79. The summed E-state index contributed by atoms with van der Waals surface area (Å²) in [5, 5.41) is 3.50. The topological polar surface area (TPSA) is 44.9 Å². The van der Waals surface area contributed by atoms with E-state index in [1.807, 2.05) is 7.05 Å². The van der Waals surface area contributed by atoms with E-state index < -0.39 is 0 Å². The van der Waals surface area contributed by atoms with Crippen LogP contribution in [0.25, 0.3) is 5.65 Å². The maximum atomic E-state index is 4.74. The standard InChI is InChI=1S/C19H29N5.HI/c1-14-8-7-11-23-12-15(22-16(14)23)9-10-21-17(20-6)24-13-18(2,3)19(24,4)5;/h7-8,11-12H,9-10,13H2,1-6H3,(H,20,21);1H. The predicted octanol–water partition coefficient (Wildman–Crippen LogP) is 3.50. The number of halogens is 1. The molecule has 1 fully saturated rings. The number of aryl methyl sites for hydroxylation is 1. The van der Waals surface area contributed by atoms with E-state index in [4.69, 9.17) is 4.98 Å². The first-order valence-electron chi connectivity index (χ1n) is 8.68.